The topological polar surface area (TPSA) is 74.3 Å². The first kappa shape index (κ1) is 17.4. The van der Waals surface area contributed by atoms with E-state index in [0.717, 1.165) is 15.8 Å². The van der Waals surface area contributed by atoms with Crippen LogP contribution in [0.4, 0.5) is 20.0 Å². The summed E-state index contributed by atoms with van der Waals surface area (Å²) in [5.74, 6) is -0.554. The van der Waals surface area contributed by atoms with Crippen LogP contribution in [-0.4, -0.2) is 29.5 Å². The van der Waals surface area contributed by atoms with E-state index in [-0.39, 0.29) is 18.4 Å². The van der Waals surface area contributed by atoms with Crippen LogP contribution in [0.2, 0.25) is 0 Å². The summed E-state index contributed by atoms with van der Waals surface area (Å²) < 4.78 is 14.4. The molecule has 1 aliphatic rings. The van der Waals surface area contributed by atoms with Crippen LogP contribution >= 0.6 is 11.3 Å². The molecule has 6 nitrogen and oxygen atoms in total. The molecular formula is C19H17FN4O2S. The molecule has 0 radical (unpaired) electrons. The highest BCUT2D eigenvalue weighted by atomic mass is 32.1. The lowest BCUT2D eigenvalue weighted by Gasteiger charge is -2.17. The Morgan fingerprint density at radius 1 is 1.30 bits per heavy atom. The lowest BCUT2D eigenvalue weighted by atomic mass is 10.2. The molecule has 1 saturated heterocycles. The molecule has 0 saturated carbocycles. The van der Waals surface area contributed by atoms with Crippen LogP contribution in [0.25, 0.3) is 10.2 Å². The van der Waals surface area contributed by atoms with Gasteiger partial charge < -0.3 is 10.2 Å². The first-order chi connectivity index (χ1) is 13.0. The predicted octanol–water partition coefficient (Wildman–Crippen LogP) is 3.67. The van der Waals surface area contributed by atoms with Crippen molar-refractivity contribution >= 4 is 44.3 Å². The molecule has 1 aromatic heterocycles. The zero-order chi connectivity index (χ0) is 19.0. The molecule has 2 aromatic carbocycles. The van der Waals surface area contributed by atoms with Crippen molar-refractivity contribution in [2.45, 2.75) is 19.4 Å². The van der Waals surface area contributed by atoms with Gasteiger partial charge in [0.25, 0.3) is 0 Å². The fourth-order valence-electron chi connectivity index (χ4n) is 3.10. The molecule has 138 valence electrons. The van der Waals surface area contributed by atoms with Gasteiger partial charge in [0.1, 0.15) is 5.82 Å². The molecule has 1 aliphatic heterocycles. The second-order valence-electron chi connectivity index (χ2n) is 6.47. The van der Waals surface area contributed by atoms with Gasteiger partial charge in [-0.05, 0) is 42.8 Å². The Kier molecular flexibility index (Phi) is 4.49. The van der Waals surface area contributed by atoms with E-state index in [1.54, 1.807) is 12.1 Å². The molecule has 8 heteroatoms. The Morgan fingerprint density at radius 3 is 2.96 bits per heavy atom. The minimum absolute atomic E-state index is 0.152. The SMILES string of the molecule is Cc1ccc2nc(NC(=O)N[C@@H]3CC(=O)N(c4cccc(F)c4)C3)sc2c1. The Balaban J connectivity index is 1.40. The number of carbonyl (C=O) groups excluding carboxylic acids is 2. The quantitative estimate of drug-likeness (QED) is 0.724. The summed E-state index contributed by atoms with van der Waals surface area (Å²) in [6, 6.07) is 11.0. The minimum atomic E-state index is -0.412. The number of nitrogens with zero attached hydrogens (tertiary/aromatic N) is 2. The maximum absolute atomic E-state index is 13.4. The van der Waals surface area contributed by atoms with E-state index in [0.29, 0.717) is 17.4 Å². The third-order valence-corrected chi connectivity index (χ3v) is 5.28. The fourth-order valence-corrected chi connectivity index (χ4v) is 4.06. The van der Waals surface area contributed by atoms with E-state index < -0.39 is 11.8 Å². The van der Waals surface area contributed by atoms with Crippen LogP contribution in [0.5, 0.6) is 0 Å². The van der Waals surface area contributed by atoms with Crippen LogP contribution in [0.1, 0.15) is 12.0 Å². The smallest absolute Gasteiger partial charge is 0.321 e. The van der Waals surface area contributed by atoms with Gasteiger partial charge in [0.2, 0.25) is 5.91 Å². The third-order valence-electron chi connectivity index (χ3n) is 4.34. The number of nitrogens with one attached hydrogen (secondary N) is 2. The number of thiazole rings is 1. The van der Waals surface area contributed by atoms with Crippen molar-refractivity contribution in [1.82, 2.24) is 10.3 Å². The number of benzene rings is 2. The number of urea groups is 1. The fraction of sp³-hybridized carbons (Fsp3) is 0.211. The number of hydrogen-bond donors (Lipinski definition) is 2. The van der Waals surface area contributed by atoms with Gasteiger partial charge in [0, 0.05) is 18.7 Å². The van der Waals surface area contributed by atoms with Gasteiger partial charge in [0.15, 0.2) is 5.13 Å². The molecule has 2 N–H and O–H groups in total. The number of rotatable bonds is 3. The molecule has 27 heavy (non-hydrogen) atoms. The molecule has 0 aliphatic carbocycles. The molecule has 1 fully saturated rings. The number of anilines is 2. The molecule has 3 amide bonds. The maximum Gasteiger partial charge on any atom is 0.321 e. The van der Waals surface area contributed by atoms with Crippen LogP contribution in [0.3, 0.4) is 0 Å². The maximum atomic E-state index is 13.4. The number of hydrogen-bond acceptors (Lipinski definition) is 4. The van der Waals surface area contributed by atoms with Crippen molar-refractivity contribution in [3.05, 3.63) is 53.8 Å². The van der Waals surface area contributed by atoms with E-state index in [2.05, 4.69) is 15.6 Å². The average molecular weight is 384 g/mol. The highest BCUT2D eigenvalue weighted by molar-refractivity contribution is 7.22. The summed E-state index contributed by atoms with van der Waals surface area (Å²) in [6.45, 7) is 2.30. The molecular weight excluding hydrogens is 367 g/mol. The Bertz CT molecular complexity index is 1040. The predicted molar refractivity (Wildman–Crippen MR) is 104 cm³/mol. The average Bonchev–Trinajstić information content (AvgIpc) is 3.16. The van der Waals surface area contributed by atoms with E-state index >= 15 is 0 Å². The number of fused-ring (bicyclic) bond motifs is 1. The van der Waals surface area contributed by atoms with Crippen molar-refractivity contribution in [3.63, 3.8) is 0 Å². The highest BCUT2D eigenvalue weighted by Crippen LogP contribution is 2.27. The first-order valence-electron chi connectivity index (χ1n) is 8.48. The zero-order valence-corrected chi connectivity index (χ0v) is 15.3. The monoisotopic (exact) mass is 384 g/mol. The molecule has 0 bridgehead atoms. The van der Waals surface area contributed by atoms with Crippen LogP contribution in [0.15, 0.2) is 42.5 Å². The minimum Gasteiger partial charge on any atom is -0.333 e. The van der Waals surface area contributed by atoms with E-state index in [9.17, 15) is 14.0 Å². The largest absolute Gasteiger partial charge is 0.333 e. The second kappa shape index (κ2) is 6.96. The summed E-state index contributed by atoms with van der Waals surface area (Å²) in [5, 5.41) is 6.01. The first-order valence-corrected chi connectivity index (χ1v) is 9.30. The van der Waals surface area contributed by atoms with Crippen molar-refractivity contribution in [2.24, 2.45) is 0 Å². The summed E-state index contributed by atoms with van der Waals surface area (Å²) in [4.78, 5) is 30.3. The van der Waals surface area contributed by atoms with E-state index in [4.69, 9.17) is 0 Å². The van der Waals surface area contributed by atoms with Gasteiger partial charge in [-0.2, -0.15) is 0 Å². The van der Waals surface area contributed by atoms with Crippen molar-refractivity contribution in [1.29, 1.82) is 0 Å². The molecule has 0 spiro atoms. The van der Waals surface area contributed by atoms with Crippen LogP contribution in [-0.2, 0) is 4.79 Å². The van der Waals surface area contributed by atoms with Gasteiger partial charge in [0.05, 0.1) is 16.3 Å². The number of amides is 3. The molecule has 4 rings (SSSR count). The van der Waals surface area contributed by atoms with Crippen LogP contribution < -0.4 is 15.5 Å². The van der Waals surface area contributed by atoms with E-state index in [1.165, 1.54) is 28.4 Å². The number of halogens is 1. The van der Waals surface area contributed by atoms with Gasteiger partial charge in [-0.25, -0.2) is 14.2 Å². The van der Waals surface area contributed by atoms with E-state index in [1.807, 2.05) is 25.1 Å². The summed E-state index contributed by atoms with van der Waals surface area (Å²) in [7, 11) is 0. The normalized spacial score (nSPS) is 16.7. The number of carbonyl (C=O) groups is 2. The highest BCUT2D eigenvalue weighted by Gasteiger charge is 2.31. The van der Waals surface area contributed by atoms with Crippen LogP contribution in [0, 0.1) is 12.7 Å². The second-order valence-corrected chi connectivity index (χ2v) is 7.50. The molecule has 2 heterocycles. The van der Waals surface area contributed by atoms with Gasteiger partial charge in [-0.3, -0.25) is 10.1 Å². The summed E-state index contributed by atoms with van der Waals surface area (Å²) >= 11 is 1.40. The van der Waals surface area contributed by atoms with Crippen molar-refractivity contribution in [3.8, 4) is 0 Å². The summed E-state index contributed by atoms with van der Waals surface area (Å²) in [5.41, 5.74) is 2.45. The van der Waals surface area contributed by atoms with Crippen molar-refractivity contribution in [2.75, 3.05) is 16.8 Å². The Hall–Kier alpha value is -3.00. The summed E-state index contributed by atoms with van der Waals surface area (Å²) in [6.07, 6.45) is 0.170. The standard InChI is InChI=1S/C19H17FN4O2S/c1-11-5-6-15-16(7-11)27-19(22-15)23-18(26)21-13-9-17(25)24(10-13)14-4-2-3-12(20)8-14/h2-8,13H,9-10H2,1H3,(H2,21,22,23,26)/t13-/m1/s1. The number of aryl methyl sites for hydroxylation is 1. The molecule has 0 unspecified atom stereocenters. The lowest BCUT2D eigenvalue weighted by molar-refractivity contribution is -0.117. The van der Waals surface area contributed by atoms with Crippen molar-refractivity contribution < 1.29 is 14.0 Å². The Labute approximate surface area is 159 Å². The zero-order valence-electron chi connectivity index (χ0n) is 14.5. The lowest BCUT2D eigenvalue weighted by Crippen LogP contribution is -2.39. The van der Waals surface area contributed by atoms with Gasteiger partial charge >= 0.3 is 6.03 Å². The molecule has 1 atom stereocenters. The molecule has 3 aromatic rings. The van der Waals surface area contributed by atoms with Gasteiger partial charge in [-0.1, -0.05) is 23.5 Å². The van der Waals surface area contributed by atoms with Gasteiger partial charge in [-0.15, -0.1) is 0 Å². The number of aromatic nitrogens is 1. The Morgan fingerprint density at radius 2 is 2.15 bits per heavy atom. The third kappa shape index (κ3) is 3.75.